The second kappa shape index (κ2) is 9.08. The summed E-state index contributed by atoms with van der Waals surface area (Å²) in [4.78, 5) is 31.4. The van der Waals surface area contributed by atoms with Crippen molar-refractivity contribution in [1.82, 2.24) is 19.8 Å². The van der Waals surface area contributed by atoms with Crippen LogP contribution in [-0.2, 0) is 22.9 Å². The molecule has 33 heavy (non-hydrogen) atoms. The van der Waals surface area contributed by atoms with Gasteiger partial charge in [0.1, 0.15) is 5.69 Å². The number of hydrogen-bond donors (Lipinski definition) is 2. The fraction of sp³-hybridized carbons (Fsp3) is 0.500. The normalized spacial score (nSPS) is 18.0. The number of imidazole rings is 1. The standard InChI is InChI=1S/C22H27ClN4O5S/c1-15(6-11-28)33(31,32)22(7-8-22)14-26-9-10-27-18(21(26)30)13-24-19(27)20(29)25-12-16-2-4-17(23)5-3-16/h2-5,13,15,28H,6-12,14H2,1H3,(H,25,29). The summed E-state index contributed by atoms with van der Waals surface area (Å²) in [5.41, 5.74) is 1.15. The molecule has 0 radical (unpaired) electrons. The third kappa shape index (κ3) is 4.51. The second-order valence-electron chi connectivity index (χ2n) is 8.71. The van der Waals surface area contributed by atoms with Gasteiger partial charge in [0.15, 0.2) is 15.7 Å². The molecule has 11 heteroatoms. The number of nitrogens with one attached hydrogen (secondary N) is 1. The predicted molar refractivity (Wildman–Crippen MR) is 123 cm³/mol. The number of carbonyl (C=O) groups excluding carboxylic acids is 2. The molecule has 1 aliphatic carbocycles. The highest BCUT2D eigenvalue weighted by Gasteiger charge is 2.57. The Kier molecular flexibility index (Phi) is 6.52. The maximum atomic E-state index is 13.1. The van der Waals surface area contributed by atoms with Crippen LogP contribution >= 0.6 is 11.6 Å². The number of aliphatic hydroxyl groups excluding tert-OH is 1. The average molecular weight is 495 g/mol. The van der Waals surface area contributed by atoms with Crippen molar-refractivity contribution in [3.63, 3.8) is 0 Å². The van der Waals surface area contributed by atoms with E-state index in [4.69, 9.17) is 16.7 Å². The number of carbonyl (C=O) groups is 2. The molecule has 2 heterocycles. The lowest BCUT2D eigenvalue weighted by molar-refractivity contribution is 0.0698. The minimum atomic E-state index is -3.48. The SMILES string of the molecule is CC(CCO)S(=O)(=O)C1(CN2CCn3c(cnc3C(=O)NCc3ccc(Cl)cc3)C2=O)CC1. The van der Waals surface area contributed by atoms with Gasteiger partial charge >= 0.3 is 0 Å². The smallest absolute Gasteiger partial charge is 0.287 e. The van der Waals surface area contributed by atoms with Gasteiger partial charge in [-0.05, 0) is 43.9 Å². The molecule has 2 amide bonds. The van der Waals surface area contributed by atoms with Crippen LogP contribution in [0.5, 0.6) is 0 Å². The van der Waals surface area contributed by atoms with E-state index in [0.29, 0.717) is 37.5 Å². The van der Waals surface area contributed by atoms with Gasteiger partial charge in [0.25, 0.3) is 11.8 Å². The number of aliphatic hydroxyl groups is 1. The molecule has 178 valence electrons. The van der Waals surface area contributed by atoms with Crippen LogP contribution in [0.15, 0.2) is 30.5 Å². The Morgan fingerprint density at radius 2 is 1.97 bits per heavy atom. The van der Waals surface area contributed by atoms with E-state index in [2.05, 4.69) is 10.3 Å². The first-order valence-electron chi connectivity index (χ1n) is 10.9. The van der Waals surface area contributed by atoms with E-state index in [1.165, 1.54) is 6.20 Å². The number of hydrogen-bond acceptors (Lipinski definition) is 6. The zero-order valence-corrected chi connectivity index (χ0v) is 19.9. The van der Waals surface area contributed by atoms with Gasteiger partial charge in [0.2, 0.25) is 0 Å². The van der Waals surface area contributed by atoms with E-state index in [1.807, 2.05) is 12.1 Å². The molecule has 1 saturated carbocycles. The minimum absolute atomic E-state index is 0.118. The van der Waals surface area contributed by atoms with Crippen LogP contribution in [0.1, 0.15) is 52.9 Å². The van der Waals surface area contributed by atoms with Gasteiger partial charge in [0, 0.05) is 37.8 Å². The molecular weight excluding hydrogens is 468 g/mol. The van der Waals surface area contributed by atoms with Gasteiger partial charge in [0.05, 0.1) is 16.2 Å². The van der Waals surface area contributed by atoms with E-state index < -0.39 is 25.7 Å². The molecule has 2 aromatic rings. The number of nitrogens with zero attached hydrogens (tertiary/aromatic N) is 3. The number of rotatable bonds is 9. The molecule has 2 N–H and O–H groups in total. The summed E-state index contributed by atoms with van der Waals surface area (Å²) < 4.78 is 26.6. The van der Waals surface area contributed by atoms with E-state index in [1.54, 1.807) is 28.5 Å². The summed E-state index contributed by atoms with van der Waals surface area (Å²) in [6.07, 6.45) is 2.56. The van der Waals surface area contributed by atoms with Crippen LogP contribution in [0, 0.1) is 0 Å². The van der Waals surface area contributed by atoms with Gasteiger partial charge in [-0.1, -0.05) is 23.7 Å². The fourth-order valence-electron chi connectivity index (χ4n) is 4.24. The first kappa shape index (κ1) is 23.7. The van der Waals surface area contributed by atoms with Crippen molar-refractivity contribution >= 4 is 33.3 Å². The first-order valence-corrected chi connectivity index (χ1v) is 12.8. The number of amides is 2. The Labute approximate surface area is 197 Å². The van der Waals surface area contributed by atoms with Gasteiger partial charge < -0.3 is 19.9 Å². The first-order chi connectivity index (χ1) is 15.7. The van der Waals surface area contributed by atoms with E-state index >= 15 is 0 Å². The highest BCUT2D eigenvalue weighted by atomic mass is 35.5. The summed E-state index contributed by atoms with van der Waals surface area (Å²) in [5.74, 6) is -0.574. The molecule has 1 aromatic heterocycles. The summed E-state index contributed by atoms with van der Waals surface area (Å²) in [6.45, 7) is 2.48. The number of sulfone groups is 1. The average Bonchev–Trinajstić information content (AvgIpc) is 3.46. The molecule has 0 spiro atoms. The highest BCUT2D eigenvalue weighted by molar-refractivity contribution is 7.93. The zero-order valence-electron chi connectivity index (χ0n) is 18.3. The number of fused-ring (bicyclic) bond motifs is 1. The van der Waals surface area contributed by atoms with Crippen LogP contribution < -0.4 is 5.32 Å². The van der Waals surface area contributed by atoms with Gasteiger partial charge in [-0.15, -0.1) is 0 Å². The molecule has 0 saturated heterocycles. The number of halogens is 1. The van der Waals surface area contributed by atoms with Gasteiger partial charge in [-0.3, -0.25) is 9.59 Å². The van der Waals surface area contributed by atoms with Crippen molar-refractivity contribution in [2.45, 2.75) is 49.3 Å². The van der Waals surface area contributed by atoms with Crippen molar-refractivity contribution in [1.29, 1.82) is 0 Å². The Morgan fingerprint density at radius 3 is 2.61 bits per heavy atom. The summed E-state index contributed by atoms with van der Waals surface area (Å²) in [6, 6.07) is 7.11. The number of benzene rings is 1. The third-order valence-electron chi connectivity index (χ3n) is 6.48. The lowest BCUT2D eigenvalue weighted by atomic mass is 10.2. The van der Waals surface area contributed by atoms with Crippen LogP contribution in [0.4, 0.5) is 0 Å². The van der Waals surface area contributed by atoms with Crippen molar-refractivity contribution in [3.8, 4) is 0 Å². The molecule has 1 unspecified atom stereocenters. The maximum Gasteiger partial charge on any atom is 0.287 e. The summed E-state index contributed by atoms with van der Waals surface area (Å²) in [5, 5.41) is 11.9. The lowest BCUT2D eigenvalue weighted by Gasteiger charge is -2.32. The molecule has 1 atom stereocenters. The maximum absolute atomic E-state index is 13.1. The van der Waals surface area contributed by atoms with Crippen molar-refractivity contribution < 1.29 is 23.1 Å². The quantitative estimate of drug-likeness (QED) is 0.546. The molecule has 1 fully saturated rings. The molecule has 1 aromatic carbocycles. The monoisotopic (exact) mass is 494 g/mol. The zero-order chi connectivity index (χ0) is 23.8. The largest absolute Gasteiger partial charge is 0.396 e. The number of aromatic nitrogens is 2. The van der Waals surface area contributed by atoms with Gasteiger partial charge in [-0.25, -0.2) is 13.4 Å². The van der Waals surface area contributed by atoms with Crippen LogP contribution in [-0.4, -0.2) is 69.5 Å². The Morgan fingerprint density at radius 1 is 1.27 bits per heavy atom. The molecule has 2 aliphatic rings. The van der Waals surface area contributed by atoms with Gasteiger partial charge in [-0.2, -0.15) is 0 Å². The Bertz CT molecular complexity index is 1160. The second-order valence-corrected chi connectivity index (χ2v) is 11.9. The Hall–Kier alpha value is -2.43. The third-order valence-corrected chi connectivity index (χ3v) is 9.77. The van der Waals surface area contributed by atoms with Crippen molar-refractivity contribution in [2.75, 3.05) is 19.7 Å². The predicted octanol–water partition coefficient (Wildman–Crippen LogP) is 1.64. The van der Waals surface area contributed by atoms with Crippen LogP contribution in [0.2, 0.25) is 5.02 Å². The molecular formula is C22H27ClN4O5S. The molecule has 4 rings (SSSR count). The lowest BCUT2D eigenvalue weighted by Crippen LogP contribution is -2.48. The summed E-state index contributed by atoms with van der Waals surface area (Å²) in [7, 11) is -3.48. The molecule has 0 bridgehead atoms. The van der Waals surface area contributed by atoms with Crippen molar-refractivity contribution in [2.24, 2.45) is 0 Å². The highest BCUT2D eigenvalue weighted by Crippen LogP contribution is 2.47. The topological polar surface area (TPSA) is 122 Å². The van der Waals surface area contributed by atoms with E-state index in [9.17, 15) is 18.0 Å². The fourth-order valence-corrected chi connectivity index (χ4v) is 6.64. The minimum Gasteiger partial charge on any atom is -0.396 e. The van der Waals surface area contributed by atoms with Crippen molar-refractivity contribution in [3.05, 3.63) is 52.6 Å². The van der Waals surface area contributed by atoms with Crippen LogP contribution in [0.25, 0.3) is 0 Å². The Balaban J connectivity index is 1.44. The van der Waals surface area contributed by atoms with E-state index in [0.717, 1.165) is 5.56 Å². The molecule has 1 aliphatic heterocycles. The van der Waals surface area contributed by atoms with E-state index in [-0.39, 0.29) is 37.0 Å². The molecule has 9 nitrogen and oxygen atoms in total. The summed E-state index contributed by atoms with van der Waals surface area (Å²) >= 11 is 5.88. The van der Waals surface area contributed by atoms with Crippen LogP contribution in [0.3, 0.4) is 0 Å².